The Labute approximate surface area is 188 Å². The molecule has 0 atom stereocenters. The standard InChI is InChI=1S/C23H20F3NO5S/c1-14-3-9-19(12-20(14)22(28)29)33(30,31)27-21-10-8-18(11-15(21)2)32-13-16-4-6-17(7-5-16)23(24,25)26/h3-12,27H,13H2,1-2H3,(H,28,29). The molecule has 0 bridgehead atoms. The van der Waals surface area contributed by atoms with E-state index in [1.54, 1.807) is 19.9 Å². The number of rotatable bonds is 7. The van der Waals surface area contributed by atoms with Gasteiger partial charge in [-0.25, -0.2) is 13.2 Å². The van der Waals surface area contributed by atoms with E-state index in [1.807, 2.05) is 0 Å². The zero-order chi connectivity index (χ0) is 24.4. The first-order chi connectivity index (χ1) is 15.4. The monoisotopic (exact) mass is 479 g/mol. The van der Waals surface area contributed by atoms with Crippen LogP contribution in [0.4, 0.5) is 18.9 Å². The zero-order valence-corrected chi connectivity index (χ0v) is 18.4. The fourth-order valence-corrected chi connectivity index (χ4v) is 4.16. The molecule has 0 saturated carbocycles. The summed E-state index contributed by atoms with van der Waals surface area (Å²) in [4.78, 5) is 11.1. The van der Waals surface area contributed by atoms with E-state index in [9.17, 15) is 31.5 Å². The maximum Gasteiger partial charge on any atom is 0.416 e. The van der Waals surface area contributed by atoms with Gasteiger partial charge in [-0.3, -0.25) is 4.72 Å². The summed E-state index contributed by atoms with van der Waals surface area (Å²) >= 11 is 0. The van der Waals surface area contributed by atoms with Gasteiger partial charge >= 0.3 is 12.1 Å². The van der Waals surface area contributed by atoms with Gasteiger partial charge in [-0.05, 0) is 73.0 Å². The second-order valence-electron chi connectivity index (χ2n) is 7.35. The number of benzene rings is 3. The van der Waals surface area contributed by atoms with Crippen LogP contribution in [-0.2, 0) is 22.8 Å². The molecule has 0 aromatic heterocycles. The summed E-state index contributed by atoms with van der Waals surface area (Å²) in [5.74, 6) is -0.825. The van der Waals surface area contributed by atoms with E-state index in [0.717, 1.165) is 18.2 Å². The van der Waals surface area contributed by atoms with Crippen molar-refractivity contribution < 1.29 is 36.2 Å². The Balaban J connectivity index is 1.72. The van der Waals surface area contributed by atoms with Gasteiger partial charge in [-0.15, -0.1) is 0 Å². The van der Waals surface area contributed by atoms with Crippen LogP contribution in [0.5, 0.6) is 5.75 Å². The highest BCUT2D eigenvalue weighted by atomic mass is 32.2. The third kappa shape index (κ3) is 5.83. The molecule has 3 aromatic rings. The number of hydrogen-bond donors (Lipinski definition) is 2. The number of nitrogens with one attached hydrogen (secondary N) is 1. The van der Waals surface area contributed by atoms with Crippen LogP contribution in [-0.4, -0.2) is 19.5 Å². The van der Waals surface area contributed by atoms with Crippen LogP contribution in [0.3, 0.4) is 0 Å². The molecule has 174 valence electrons. The molecule has 0 aliphatic heterocycles. The van der Waals surface area contributed by atoms with E-state index in [2.05, 4.69) is 4.72 Å². The van der Waals surface area contributed by atoms with Gasteiger partial charge in [0.1, 0.15) is 12.4 Å². The lowest BCUT2D eigenvalue weighted by atomic mass is 10.1. The lowest BCUT2D eigenvalue weighted by Gasteiger charge is -2.14. The molecule has 2 N–H and O–H groups in total. The number of aromatic carboxylic acids is 1. The molecule has 0 radical (unpaired) electrons. The number of aryl methyl sites for hydroxylation is 2. The third-order valence-corrected chi connectivity index (χ3v) is 6.24. The second kappa shape index (κ2) is 9.14. The number of carbonyl (C=O) groups is 1. The van der Waals surface area contributed by atoms with Crippen LogP contribution in [0.1, 0.15) is 32.6 Å². The van der Waals surface area contributed by atoms with Gasteiger partial charge in [0.2, 0.25) is 0 Å². The van der Waals surface area contributed by atoms with E-state index >= 15 is 0 Å². The Morgan fingerprint density at radius 1 is 0.970 bits per heavy atom. The topological polar surface area (TPSA) is 92.7 Å². The quantitative estimate of drug-likeness (QED) is 0.473. The summed E-state index contributed by atoms with van der Waals surface area (Å²) in [6.45, 7) is 3.26. The van der Waals surface area contributed by atoms with Crippen LogP contribution in [0.15, 0.2) is 65.6 Å². The predicted molar refractivity (Wildman–Crippen MR) is 116 cm³/mol. The number of alkyl halides is 3. The first-order valence-electron chi connectivity index (χ1n) is 9.63. The summed E-state index contributed by atoms with van der Waals surface area (Å²) < 4.78 is 71.4. The molecular weight excluding hydrogens is 459 g/mol. The molecule has 0 saturated heterocycles. The van der Waals surface area contributed by atoms with Crippen LogP contribution in [0.2, 0.25) is 0 Å². The molecule has 0 fully saturated rings. The van der Waals surface area contributed by atoms with Crippen molar-refractivity contribution in [1.29, 1.82) is 0 Å². The maximum atomic E-state index is 12.7. The zero-order valence-electron chi connectivity index (χ0n) is 17.6. The smallest absolute Gasteiger partial charge is 0.416 e. The van der Waals surface area contributed by atoms with E-state index < -0.39 is 27.7 Å². The highest BCUT2D eigenvalue weighted by Gasteiger charge is 2.29. The van der Waals surface area contributed by atoms with Crippen LogP contribution in [0.25, 0.3) is 0 Å². The normalized spacial score (nSPS) is 11.8. The van der Waals surface area contributed by atoms with Gasteiger partial charge in [-0.2, -0.15) is 13.2 Å². The summed E-state index contributed by atoms with van der Waals surface area (Å²) in [5, 5.41) is 9.22. The number of carboxylic acids is 1. The van der Waals surface area contributed by atoms with Crippen molar-refractivity contribution >= 4 is 21.7 Å². The molecule has 3 aromatic carbocycles. The largest absolute Gasteiger partial charge is 0.489 e. The molecule has 0 amide bonds. The number of ether oxygens (including phenoxy) is 1. The minimum absolute atomic E-state index is 0.0317. The molecule has 0 spiro atoms. The van der Waals surface area contributed by atoms with Crippen molar-refractivity contribution in [3.05, 3.63) is 88.5 Å². The van der Waals surface area contributed by atoms with Gasteiger partial charge in [0.25, 0.3) is 10.0 Å². The predicted octanol–water partition coefficient (Wildman–Crippen LogP) is 5.40. The number of anilines is 1. The average molecular weight is 479 g/mol. The first-order valence-corrected chi connectivity index (χ1v) is 11.1. The number of sulfonamides is 1. The highest BCUT2D eigenvalue weighted by Crippen LogP contribution is 2.30. The Morgan fingerprint density at radius 3 is 2.21 bits per heavy atom. The van der Waals surface area contributed by atoms with E-state index in [1.165, 1.54) is 36.4 Å². The highest BCUT2D eigenvalue weighted by molar-refractivity contribution is 7.92. The van der Waals surface area contributed by atoms with E-state index in [4.69, 9.17) is 4.74 Å². The summed E-state index contributed by atoms with van der Waals surface area (Å²) in [6, 6.07) is 13.0. The van der Waals surface area contributed by atoms with Gasteiger partial charge in [-0.1, -0.05) is 18.2 Å². The van der Waals surface area contributed by atoms with Crippen LogP contribution >= 0.6 is 0 Å². The minimum atomic E-state index is -4.41. The van der Waals surface area contributed by atoms with Crippen molar-refractivity contribution in [2.75, 3.05) is 4.72 Å². The van der Waals surface area contributed by atoms with Crippen molar-refractivity contribution in [3.8, 4) is 5.75 Å². The Morgan fingerprint density at radius 2 is 1.64 bits per heavy atom. The Bertz CT molecular complexity index is 1290. The van der Waals surface area contributed by atoms with Crippen molar-refractivity contribution in [2.24, 2.45) is 0 Å². The van der Waals surface area contributed by atoms with Gasteiger partial charge in [0.05, 0.1) is 21.7 Å². The molecular formula is C23H20F3NO5S. The lowest BCUT2D eigenvalue weighted by Crippen LogP contribution is -2.15. The number of hydrogen-bond acceptors (Lipinski definition) is 4. The fourth-order valence-electron chi connectivity index (χ4n) is 3.00. The maximum absolute atomic E-state index is 12.7. The van der Waals surface area contributed by atoms with Crippen molar-refractivity contribution in [2.45, 2.75) is 31.5 Å². The van der Waals surface area contributed by atoms with Crippen molar-refractivity contribution in [1.82, 2.24) is 0 Å². The average Bonchev–Trinajstić information content (AvgIpc) is 2.73. The van der Waals surface area contributed by atoms with E-state index in [-0.39, 0.29) is 22.8 Å². The van der Waals surface area contributed by atoms with E-state index in [0.29, 0.717) is 22.4 Å². The van der Waals surface area contributed by atoms with Gasteiger partial charge in [0, 0.05) is 0 Å². The Hall–Kier alpha value is -3.53. The molecule has 0 unspecified atom stereocenters. The van der Waals surface area contributed by atoms with Gasteiger partial charge < -0.3 is 9.84 Å². The Kier molecular flexibility index (Phi) is 6.68. The summed E-state index contributed by atoms with van der Waals surface area (Å²) in [5.41, 5.74) is 0.930. The van der Waals surface area contributed by atoms with Crippen LogP contribution in [0, 0.1) is 13.8 Å². The summed E-state index contributed by atoms with van der Waals surface area (Å²) in [7, 11) is -4.04. The first kappa shape index (κ1) is 24.1. The molecule has 0 aliphatic rings. The molecule has 6 nitrogen and oxygen atoms in total. The molecule has 33 heavy (non-hydrogen) atoms. The molecule has 0 aliphatic carbocycles. The van der Waals surface area contributed by atoms with Crippen molar-refractivity contribution in [3.63, 3.8) is 0 Å². The molecule has 0 heterocycles. The third-order valence-electron chi connectivity index (χ3n) is 4.88. The molecule has 3 rings (SSSR count). The second-order valence-corrected chi connectivity index (χ2v) is 9.03. The van der Waals surface area contributed by atoms with Gasteiger partial charge in [0.15, 0.2) is 0 Å². The van der Waals surface area contributed by atoms with Crippen LogP contribution < -0.4 is 9.46 Å². The number of carboxylic acid groups (broad SMARTS) is 1. The summed E-state index contributed by atoms with van der Waals surface area (Å²) in [6.07, 6.45) is -4.41. The number of halogens is 3. The lowest BCUT2D eigenvalue weighted by molar-refractivity contribution is -0.137. The fraction of sp³-hybridized carbons (Fsp3) is 0.174. The SMILES string of the molecule is Cc1cc(OCc2ccc(C(F)(F)F)cc2)ccc1NS(=O)(=O)c1ccc(C)c(C(=O)O)c1. The minimum Gasteiger partial charge on any atom is -0.489 e. The molecule has 10 heteroatoms.